The third kappa shape index (κ3) is 4.57. The van der Waals surface area contributed by atoms with Gasteiger partial charge in [-0.2, -0.15) is 0 Å². The zero-order valence-corrected chi connectivity index (χ0v) is 19.1. The Bertz CT molecular complexity index is 1010. The molecule has 1 N–H and O–H groups in total. The Kier molecular flexibility index (Phi) is 7.29. The number of rotatable bonds is 9. The topological polar surface area (TPSA) is 56.1 Å². The lowest BCUT2D eigenvalue weighted by Crippen LogP contribution is -3.12. The van der Waals surface area contributed by atoms with Crippen LogP contribution in [0.1, 0.15) is 29.8 Å². The van der Waals surface area contributed by atoms with Crippen molar-refractivity contribution in [2.75, 3.05) is 45.3 Å². The lowest BCUT2D eigenvalue weighted by atomic mass is 10.1. The average molecular weight is 429 g/mol. The van der Waals surface area contributed by atoms with Crippen molar-refractivity contribution in [2.24, 2.45) is 0 Å². The van der Waals surface area contributed by atoms with E-state index in [1.807, 2.05) is 19.1 Å². The van der Waals surface area contributed by atoms with Gasteiger partial charge >= 0.3 is 0 Å². The summed E-state index contributed by atoms with van der Waals surface area (Å²) < 4.78 is 11.8. The predicted molar refractivity (Wildman–Crippen MR) is 122 cm³/mol. The van der Waals surface area contributed by atoms with Gasteiger partial charge in [0.2, 0.25) is 0 Å². The summed E-state index contributed by atoms with van der Waals surface area (Å²) in [7, 11) is 3.16. The molecule has 0 radical (unpaired) electrons. The summed E-state index contributed by atoms with van der Waals surface area (Å²) in [5.74, 6) is 1.06. The number of nitrogens with one attached hydrogen (secondary N) is 1. The van der Waals surface area contributed by atoms with Crippen molar-refractivity contribution in [1.29, 1.82) is 0 Å². The summed E-state index contributed by atoms with van der Waals surface area (Å²) in [4.78, 5) is 21.6. The van der Waals surface area contributed by atoms with Crippen LogP contribution in [0.5, 0.6) is 11.5 Å². The van der Waals surface area contributed by atoms with Gasteiger partial charge in [0.15, 0.2) is 16.6 Å². The van der Waals surface area contributed by atoms with Crippen LogP contribution in [-0.2, 0) is 0 Å². The zero-order chi connectivity index (χ0) is 21.7. The monoisotopic (exact) mass is 428 g/mol. The molecule has 0 atom stereocenters. The van der Waals surface area contributed by atoms with Gasteiger partial charge in [-0.05, 0) is 50.6 Å². The van der Waals surface area contributed by atoms with Crippen LogP contribution in [-0.4, -0.2) is 51.3 Å². The number of methoxy groups -OCH3 is 2. The van der Waals surface area contributed by atoms with Crippen molar-refractivity contribution in [1.82, 2.24) is 4.98 Å². The zero-order valence-electron chi connectivity index (χ0n) is 18.3. The van der Waals surface area contributed by atoms with Gasteiger partial charge in [0.05, 0.1) is 50.6 Å². The van der Waals surface area contributed by atoms with Crippen molar-refractivity contribution in [2.45, 2.75) is 20.8 Å². The van der Waals surface area contributed by atoms with E-state index in [-0.39, 0.29) is 5.91 Å². The van der Waals surface area contributed by atoms with E-state index in [0.717, 1.165) is 40.5 Å². The van der Waals surface area contributed by atoms with E-state index in [1.54, 1.807) is 48.7 Å². The van der Waals surface area contributed by atoms with E-state index in [0.29, 0.717) is 23.6 Å². The number of fused-ring (bicyclic) bond motifs is 1. The molecule has 0 unspecified atom stereocenters. The van der Waals surface area contributed by atoms with Crippen LogP contribution >= 0.6 is 11.3 Å². The third-order valence-electron chi connectivity index (χ3n) is 5.40. The Morgan fingerprint density at radius 2 is 1.83 bits per heavy atom. The minimum absolute atomic E-state index is 0.0841. The minimum Gasteiger partial charge on any atom is -0.493 e. The summed E-state index contributed by atoms with van der Waals surface area (Å²) >= 11 is 1.56. The molecular weight excluding hydrogens is 398 g/mol. The van der Waals surface area contributed by atoms with Crippen LogP contribution in [0, 0.1) is 6.92 Å². The van der Waals surface area contributed by atoms with Crippen LogP contribution in [0.25, 0.3) is 10.2 Å². The van der Waals surface area contributed by atoms with Crippen molar-refractivity contribution in [3.63, 3.8) is 0 Å². The molecule has 30 heavy (non-hydrogen) atoms. The summed E-state index contributed by atoms with van der Waals surface area (Å²) in [6.45, 7) is 9.89. The lowest BCUT2D eigenvalue weighted by Gasteiger charge is -2.23. The maximum Gasteiger partial charge on any atom is 0.260 e. The fraction of sp³-hybridized carbons (Fsp3) is 0.391. The summed E-state index contributed by atoms with van der Waals surface area (Å²) in [6.07, 6.45) is 0. The van der Waals surface area contributed by atoms with Crippen LogP contribution in [0.4, 0.5) is 5.13 Å². The van der Waals surface area contributed by atoms with E-state index in [2.05, 4.69) is 19.9 Å². The average Bonchev–Trinajstić information content (AvgIpc) is 3.21. The molecule has 0 saturated heterocycles. The van der Waals surface area contributed by atoms with Crippen LogP contribution < -0.4 is 19.3 Å². The van der Waals surface area contributed by atoms with E-state index < -0.39 is 0 Å². The first-order chi connectivity index (χ1) is 14.5. The normalized spacial score (nSPS) is 11.1. The second kappa shape index (κ2) is 9.91. The first kappa shape index (κ1) is 22.1. The number of benzene rings is 2. The number of likely N-dealkylation sites (N-methyl/N-ethyl adjacent to an activating group) is 1. The van der Waals surface area contributed by atoms with Gasteiger partial charge in [-0.25, -0.2) is 4.98 Å². The van der Waals surface area contributed by atoms with Gasteiger partial charge in [0, 0.05) is 5.56 Å². The standard InChI is InChI=1S/C23H29N3O3S/c1-6-25(7-2)13-14-26(23-24-21-16(3)9-8-10-20(21)30-23)22(27)17-11-12-18(28-4)19(15-17)29-5/h8-12,15H,6-7,13-14H2,1-5H3/p+1. The molecule has 1 aromatic heterocycles. The molecule has 3 aromatic rings. The fourth-order valence-electron chi connectivity index (χ4n) is 3.47. The highest BCUT2D eigenvalue weighted by atomic mass is 32.1. The first-order valence-electron chi connectivity index (χ1n) is 10.3. The quantitative estimate of drug-likeness (QED) is 0.569. The van der Waals surface area contributed by atoms with Crippen molar-refractivity contribution in [3.8, 4) is 11.5 Å². The van der Waals surface area contributed by atoms with Crippen LogP contribution in [0.15, 0.2) is 36.4 Å². The molecule has 6 nitrogen and oxygen atoms in total. The second-order valence-corrected chi connectivity index (χ2v) is 8.16. The Morgan fingerprint density at radius 3 is 2.47 bits per heavy atom. The number of ether oxygens (including phenoxy) is 2. The fourth-order valence-corrected chi connectivity index (χ4v) is 4.54. The summed E-state index contributed by atoms with van der Waals surface area (Å²) in [6, 6.07) is 11.4. The Hall–Kier alpha value is -2.64. The van der Waals surface area contributed by atoms with Gasteiger partial charge in [-0.1, -0.05) is 23.5 Å². The lowest BCUT2D eigenvalue weighted by molar-refractivity contribution is -0.894. The molecule has 0 aliphatic carbocycles. The van der Waals surface area contributed by atoms with Gasteiger partial charge in [0.1, 0.15) is 0 Å². The van der Waals surface area contributed by atoms with E-state index >= 15 is 0 Å². The number of para-hydroxylation sites is 1. The summed E-state index contributed by atoms with van der Waals surface area (Å²) in [5, 5.41) is 0.727. The smallest absolute Gasteiger partial charge is 0.260 e. The number of carbonyl (C=O) groups excluding carboxylic acids is 1. The minimum atomic E-state index is -0.0841. The molecule has 2 aromatic carbocycles. The number of carbonyl (C=O) groups is 1. The highest BCUT2D eigenvalue weighted by Gasteiger charge is 2.24. The highest BCUT2D eigenvalue weighted by Crippen LogP contribution is 2.33. The van der Waals surface area contributed by atoms with E-state index in [1.165, 1.54) is 4.90 Å². The van der Waals surface area contributed by atoms with Crippen molar-refractivity contribution in [3.05, 3.63) is 47.5 Å². The molecule has 1 heterocycles. The largest absolute Gasteiger partial charge is 0.493 e. The number of quaternary nitrogens is 1. The molecule has 7 heteroatoms. The first-order valence-corrected chi connectivity index (χ1v) is 11.1. The van der Waals surface area contributed by atoms with E-state index in [9.17, 15) is 4.79 Å². The van der Waals surface area contributed by atoms with E-state index in [4.69, 9.17) is 14.5 Å². The van der Waals surface area contributed by atoms with Crippen LogP contribution in [0.2, 0.25) is 0 Å². The van der Waals surface area contributed by atoms with Crippen LogP contribution in [0.3, 0.4) is 0 Å². The molecule has 0 saturated carbocycles. The Morgan fingerprint density at radius 1 is 1.10 bits per heavy atom. The third-order valence-corrected chi connectivity index (χ3v) is 6.45. The Labute approximate surface area is 182 Å². The van der Waals surface area contributed by atoms with Gasteiger partial charge < -0.3 is 14.4 Å². The number of aromatic nitrogens is 1. The molecule has 160 valence electrons. The predicted octanol–water partition coefficient (Wildman–Crippen LogP) is 3.19. The number of hydrogen-bond donors (Lipinski definition) is 1. The number of anilines is 1. The number of nitrogens with zero attached hydrogens (tertiary/aromatic N) is 2. The summed E-state index contributed by atoms with van der Waals surface area (Å²) in [5.41, 5.74) is 2.62. The number of aryl methyl sites for hydroxylation is 1. The molecule has 3 rings (SSSR count). The molecule has 0 fully saturated rings. The van der Waals surface area contributed by atoms with Crippen molar-refractivity contribution >= 4 is 32.6 Å². The molecule has 0 bridgehead atoms. The second-order valence-electron chi connectivity index (χ2n) is 7.15. The number of hydrogen-bond acceptors (Lipinski definition) is 5. The van der Waals surface area contributed by atoms with Gasteiger partial charge in [0.25, 0.3) is 5.91 Å². The van der Waals surface area contributed by atoms with Gasteiger partial charge in [-0.3, -0.25) is 9.69 Å². The molecule has 1 amide bonds. The SMILES string of the molecule is CC[NH+](CC)CCN(C(=O)c1ccc(OC)c(OC)c1)c1nc2c(C)cccc2s1. The highest BCUT2D eigenvalue weighted by molar-refractivity contribution is 7.22. The molecular formula is C23H30N3O3S+. The number of thiazole rings is 1. The Balaban J connectivity index is 1.99. The molecule has 0 spiro atoms. The maximum absolute atomic E-state index is 13.6. The molecule has 0 aliphatic heterocycles. The molecule has 0 aliphatic rings. The number of amides is 1. The van der Waals surface area contributed by atoms with Gasteiger partial charge in [-0.15, -0.1) is 0 Å². The maximum atomic E-state index is 13.6. The van der Waals surface area contributed by atoms with Crippen molar-refractivity contribution < 1.29 is 19.2 Å².